The van der Waals surface area contributed by atoms with Crippen LogP contribution in [0.2, 0.25) is 0 Å². The number of rotatable bonds is 6. The van der Waals surface area contributed by atoms with Crippen molar-refractivity contribution in [2.45, 2.75) is 39.2 Å². The molecule has 4 nitrogen and oxygen atoms in total. The molecule has 0 spiro atoms. The van der Waals surface area contributed by atoms with E-state index < -0.39 is 0 Å². The van der Waals surface area contributed by atoms with Crippen LogP contribution in [0, 0.1) is 0 Å². The first-order valence-corrected chi connectivity index (χ1v) is 6.89. The summed E-state index contributed by atoms with van der Waals surface area (Å²) in [5.41, 5.74) is 6.01. The van der Waals surface area contributed by atoms with Crippen LogP contribution in [0.5, 0.6) is 0 Å². The first kappa shape index (κ1) is 14.1. The molecule has 0 aliphatic heterocycles. The molecule has 2 N–H and O–H groups in total. The highest BCUT2D eigenvalue weighted by Crippen LogP contribution is 2.14. The van der Waals surface area contributed by atoms with Gasteiger partial charge in [0.15, 0.2) is 0 Å². The van der Waals surface area contributed by atoms with Crippen molar-refractivity contribution in [2.75, 3.05) is 13.6 Å². The summed E-state index contributed by atoms with van der Waals surface area (Å²) in [5, 5.41) is 2.76. The molecule has 0 aliphatic carbocycles. The molecule has 1 amide bonds. The summed E-state index contributed by atoms with van der Waals surface area (Å²) in [7, 11) is 1.84. The van der Waals surface area contributed by atoms with Crippen LogP contribution in [0.15, 0.2) is 5.38 Å². The van der Waals surface area contributed by atoms with Gasteiger partial charge in [-0.2, -0.15) is 0 Å². The standard InChI is InChI=1S/C12H21N3OS/c1-4-5-9(2)15(3)12(16)10-8-17-11(14-10)6-7-13/h8-9H,4-7,13H2,1-3H3. The van der Waals surface area contributed by atoms with E-state index in [1.807, 2.05) is 12.4 Å². The Labute approximate surface area is 107 Å². The van der Waals surface area contributed by atoms with Gasteiger partial charge in [-0.1, -0.05) is 13.3 Å². The van der Waals surface area contributed by atoms with Crippen LogP contribution in [0.25, 0.3) is 0 Å². The van der Waals surface area contributed by atoms with Crippen molar-refractivity contribution in [1.82, 2.24) is 9.88 Å². The summed E-state index contributed by atoms with van der Waals surface area (Å²) in [5.74, 6) is 0.00507. The lowest BCUT2D eigenvalue weighted by Gasteiger charge is -2.23. The molecule has 0 bridgehead atoms. The molecule has 1 rings (SSSR count). The monoisotopic (exact) mass is 255 g/mol. The minimum absolute atomic E-state index is 0.00507. The van der Waals surface area contributed by atoms with Gasteiger partial charge in [0.25, 0.3) is 5.91 Å². The molecule has 0 radical (unpaired) electrons. The normalized spacial score (nSPS) is 12.5. The van der Waals surface area contributed by atoms with E-state index in [2.05, 4.69) is 18.8 Å². The molecular formula is C12H21N3OS. The third-order valence-electron chi connectivity index (χ3n) is 2.82. The maximum atomic E-state index is 12.1. The van der Waals surface area contributed by atoms with Crippen molar-refractivity contribution in [3.8, 4) is 0 Å². The molecule has 0 aromatic carbocycles. The highest BCUT2D eigenvalue weighted by molar-refractivity contribution is 7.09. The van der Waals surface area contributed by atoms with E-state index in [4.69, 9.17) is 5.73 Å². The summed E-state index contributed by atoms with van der Waals surface area (Å²) in [6.45, 7) is 4.76. The van der Waals surface area contributed by atoms with Gasteiger partial charge in [0, 0.05) is 24.9 Å². The molecule has 0 saturated carbocycles. The van der Waals surface area contributed by atoms with Gasteiger partial charge in [0.2, 0.25) is 0 Å². The smallest absolute Gasteiger partial charge is 0.273 e. The Morgan fingerprint density at radius 3 is 2.94 bits per heavy atom. The second kappa shape index (κ2) is 6.71. The summed E-state index contributed by atoms with van der Waals surface area (Å²) >= 11 is 1.51. The third kappa shape index (κ3) is 3.78. The van der Waals surface area contributed by atoms with E-state index >= 15 is 0 Å². The summed E-state index contributed by atoms with van der Waals surface area (Å²) in [6.07, 6.45) is 2.84. The number of aromatic nitrogens is 1. The Kier molecular flexibility index (Phi) is 5.58. The van der Waals surface area contributed by atoms with E-state index in [0.717, 1.165) is 24.3 Å². The van der Waals surface area contributed by atoms with Crippen molar-refractivity contribution in [3.63, 3.8) is 0 Å². The van der Waals surface area contributed by atoms with Crippen LogP contribution >= 0.6 is 11.3 Å². The van der Waals surface area contributed by atoms with E-state index in [1.165, 1.54) is 11.3 Å². The maximum Gasteiger partial charge on any atom is 0.273 e. The zero-order valence-corrected chi connectivity index (χ0v) is 11.6. The van der Waals surface area contributed by atoms with Gasteiger partial charge < -0.3 is 10.6 Å². The van der Waals surface area contributed by atoms with Crippen molar-refractivity contribution in [3.05, 3.63) is 16.1 Å². The number of carbonyl (C=O) groups is 1. The van der Waals surface area contributed by atoms with Crippen molar-refractivity contribution in [1.29, 1.82) is 0 Å². The van der Waals surface area contributed by atoms with Gasteiger partial charge in [0.1, 0.15) is 5.69 Å². The first-order valence-electron chi connectivity index (χ1n) is 6.01. The second-order valence-electron chi connectivity index (χ2n) is 4.22. The van der Waals surface area contributed by atoms with Gasteiger partial charge in [-0.25, -0.2) is 4.98 Å². The van der Waals surface area contributed by atoms with Gasteiger partial charge >= 0.3 is 0 Å². The average Bonchev–Trinajstić information content (AvgIpc) is 2.76. The Balaban J connectivity index is 2.67. The number of nitrogens with zero attached hydrogens (tertiary/aromatic N) is 2. The Morgan fingerprint density at radius 2 is 2.35 bits per heavy atom. The second-order valence-corrected chi connectivity index (χ2v) is 5.16. The predicted octanol–water partition coefficient (Wildman–Crippen LogP) is 1.90. The number of nitrogens with two attached hydrogens (primary N) is 1. The fourth-order valence-electron chi connectivity index (χ4n) is 1.64. The molecule has 1 unspecified atom stereocenters. The fraction of sp³-hybridized carbons (Fsp3) is 0.667. The van der Waals surface area contributed by atoms with E-state index in [1.54, 1.807) is 4.90 Å². The van der Waals surface area contributed by atoms with E-state index in [-0.39, 0.29) is 11.9 Å². The Bertz CT molecular complexity index is 364. The van der Waals surface area contributed by atoms with Gasteiger partial charge in [-0.3, -0.25) is 4.79 Å². The van der Waals surface area contributed by atoms with Crippen LogP contribution in [-0.2, 0) is 6.42 Å². The number of thiazole rings is 1. The molecule has 0 fully saturated rings. The van der Waals surface area contributed by atoms with Crippen LogP contribution in [0.4, 0.5) is 0 Å². The van der Waals surface area contributed by atoms with Crippen LogP contribution in [0.1, 0.15) is 42.2 Å². The predicted molar refractivity (Wildman–Crippen MR) is 71.3 cm³/mol. The Hall–Kier alpha value is -0.940. The summed E-state index contributed by atoms with van der Waals surface area (Å²) in [6, 6.07) is 0.257. The molecule has 0 saturated heterocycles. The van der Waals surface area contributed by atoms with Gasteiger partial charge in [-0.15, -0.1) is 11.3 Å². The molecular weight excluding hydrogens is 234 g/mol. The Morgan fingerprint density at radius 1 is 1.65 bits per heavy atom. The first-order chi connectivity index (χ1) is 8.10. The van der Waals surface area contributed by atoms with Crippen molar-refractivity contribution < 1.29 is 4.79 Å². The molecule has 1 aromatic heterocycles. The quantitative estimate of drug-likeness (QED) is 0.844. The number of amides is 1. The molecule has 1 atom stereocenters. The van der Waals surface area contributed by atoms with Crippen molar-refractivity contribution in [2.24, 2.45) is 5.73 Å². The maximum absolute atomic E-state index is 12.1. The third-order valence-corrected chi connectivity index (χ3v) is 3.73. The van der Waals surface area contributed by atoms with E-state index in [9.17, 15) is 4.79 Å². The highest BCUT2D eigenvalue weighted by Gasteiger charge is 2.19. The average molecular weight is 255 g/mol. The number of hydrogen-bond acceptors (Lipinski definition) is 4. The molecule has 1 heterocycles. The fourth-order valence-corrected chi connectivity index (χ4v) is 2.43. The summed E-state index contributed by atoms with van der Waals surface area (Å²) in [4.78, 5) is 18.2. The largest absolute Gasteiger partial charge is 0.338 e. The molecule has 5 heteroatoms. The number of hydrogen-bond donors (Lipinski definition) is 1. The van der Waals surface area contributed by atoms with Gasteiger partial charge in [0.05, 0.1) is 5.01 Å². The van der Waals surface area contributed by atoms with E-state index in [0.29, 0.717) is 12.2 Å². The topological polar surface area (TPSA) is 59.2 Å². The highest BCUT2D eigenvalue weighted by atomic mass is 32.1. The minimum Gasteiger partial charge on any atom is -0.338 e. The zero-order chi connectivity index (χ0) is 12.8. The lowest BCUT2D eigenvalue weighted by molar-refractivity contribution is 0.0731. The van der Waals surface area contributed by atoms with Crippen LogP contribution in [0.3, 0.4) is 0 Å². The van der Waals surface area contributed by atoms with Gasteiger partial charge in [-0.05, 0) is 19.9 Å². The van der Waals surface area contributed by atoms with Crippen LogP contribution in [-0.4, -0.2) is 35.4 Å². The van der Waals surface area contributed by atoms with Crippen molar-refractivity contribution >= 4 is 17.2 Å². The lowest BCUT2D eigenvalue weighted by atomic mass is 10.1. The molecule has 17 heavy (non-hydrogen) atoms. The molecule has 1 aromatic rings. The molecule has 0 aliphatic rings. The SMILES string of the molecule is CCCC(C)N(C)C(=O)c1csc(CCN)n1. The minimum atomic E-state index is 0.00507. The number of carbonyl (C=O) groups excluding carboxylic acids is 1. The lowest BCUT2D eigenvalue weighted by Crippen LogP contribution is -2.35. The van der Waals surface area contributed by atoms with Crippen LogP contribution < -0.4 is 5.73 Å². The summed E-state index contributed by atoms with van der Waals surface area (Å²) < 4.78 is 0. The zero-order valence-electron chi connectivity index (χ0n) is 10.8. The molecule has 96 valence electrons.